The molecule has 0 atom stereocenters. The van der Waals surface area contributed by atoms with Crippen molar-refractivity contribution in [3.8, 4) is 0 Å². The first-order valence-corrected chi connectivity index (χ1v) is 10.5. The average molecular weight is 640 g/mol. The molecule has 36 heavy (non-hydrogen) atoms. The first-order chi connectivity index (χ1) is 16.3. The number of aromatic nitrogens is 2. The van der Waals surface area contributed by atoms with Crippen molar-refractivity contribution in [2.75, 3.05) is 0 Å². The number of allylic oxidation sites excluding steroid dienone is 6. The molecule has 0 unspecified atom stereocenters. The van der Waals surface area contributed by atoms with Gasteiger partial charge in [0.1, 0.15) is 0 Å². The zero-order valence-corrected chi connectivity index (χ0v) is 23.0. The first kappa shape index (κ1) is 35.1. The predicted molar refractivity (Wildman–Crippen MR) is 130 cm³/mol. The molecule has 1 radical (unpaired) electrons. The Bertz CT molecular complexity index is 1120. The second-order valence-electron chi connectivity index (χ2n) is 7.31. The van der Waals surface area contributed by atoms with E-state index in [0.29, 0.717) is 0 Å². The standard InChI is InChI=1S/C12H8N2.3C5H8O2.Dy/c1-3-9-5-6-10-4-2-8-14-12(10)11(9)13-7-1;3*1-4(6)3-5(2)7;/h1-8H;3*3,6H,1-2H3;/q;;;;+3/p-3/b;3*4-3-;. The molecule has 0 amide bonds. The summed E-state index contributed by atoms with van der Waals surface area (Å²) in [6, 6.07) is 12.1. The van der Waals surface area contributed by atoms with Gasteiger partial charge in [-0.15, -0.1) is 17.3 Å². The third-order valence-corrected chi connectivity index (χ3v) is 3.56. The molecule has 193 valence electrons. The maximum Gasteiger partial charge on any atom is 3.00 e. The van der Waals surface area contributed by atoms with E-state index in [1.165, 1.54) is 41.5 Å². The molecule has 2 heterocycles. The van der Waals surface area contributed by atoms with Crippen LogP contribution in [0, 0.1) is 38.2 Å². The molecule has 0 saturated carbocycles. The van der Waals surface area contributed by atoms with Gasteiger partial charge in [0, 0.05) is 23.2 Å². The van der Waals surface area contributed by atoms with Crippen LogP contribution in [0.5, 0.6) is 0 Å². The fourth-order valence-corrected chi connectivity index (χ4v) is 2.54. The van der Waals surface area contributed by atoms with Gasteiger partial charge in [0.05, 0.1) is 11.0 Å². The smallest absolute Gasteiger partial charge is 0.876 e. The molecule has 0 bridgehead atoms. The minimum absolute atomic E-state index is 0. The summed E-state index contributed by atoms with van der Waals surface area (Å²) in [5.41, 5.74) is 1.95. The largest absolute Gasteiger partial charge is 3.00 e. The third kappa shape index (κ3) is 17.4. The monoisotopic (exact) mass is 641 g/mol. The summed E-state index contributed by atoms with van der Waals surface area (Å²) in [7, 11) is 0. The molecule has 1 aromatic carbocycles. The van der Waals surface area contributed by atoms with Crippen molar-refractivity contribution in [2.45, 2.75) is 41.5 Å². The van der Waals surface area contributed by atoms with Gasteiger partial charge in [0.2, 0.25) is 0 Å². The van der Waals surface area contributed by atoms with Crippen LogP contribution >= 0.6 is 0 Å². The molecule has 3 aromatic rings. The van der Waals surface area contributed by atoms with Crippen LogP contribution in [-0.4, -0.2) is 27.3 Å². The SMILES string of the molecule is CC(=O)/C=C(/C)[O-].CC(=O)/C=C(/C)[O-].CC(=O)/C=C(/C)[O-].[Dy+3].c1cnc2c(c1)ccc1cccnc12. The Hall–Kier alpha value is -3.06. The number of fused-ring (bicyclic) bond motifs is 3. The first-order valence-electron chi connectivity index (χ1n) is 10.5. The molecule has 0 aliphatic heterocycles. The molecule has 0 spiro atoms. The van der Waals surface area contributed by atoms with E-state index in [1.54, 1.807) is 12.4 Å². The maximum atomic E-state index is 9.98. The van der Waals surface area contributed by atoms with Gasteiger partial charge >= 0.3 is 38.2 Å². The number of rotatable bonds is 3. The summed E-state index contributed by atoms with van der Waals surface area (Å²) in [6.45, 7) is 8.09. The van der Waals surface area contributed by atoms with Crippen molar-refractivity contribution in [1.82, 2.24) is 9.97 Å². The number of benzene rings is 1. The van der Waals surface area contributed by atoms with Crippen molar-refractivity contribution >= 4 is 39.2 Å². The third-order valence-electron chi connectivity index (χ3n) is 3.56. The summed E-state index contributed by atoms with van der Waals surface area (Å²) in [5, 5.41) is 32.2. The van der Waals surface area contributed by atoms with E-state index >= 15 is 0 Å². The number of hydrogen-bond donors (Lipinski definition) is 0. The van der Waals surface area contributed by atoms with Crippen LogP contribution in [0.3, 0.4) is 0 Å². The fraction of sp³-hybridized carbons (Fsp3) is 0.222. The van der Waals surface area contributed by atoms with E-state index in [4.69, 9.17) is 0 Å². The molecule has 0 N–H and O–H groups in total. The van der Waals surface area contributed by atoms with Crippen molar-refractivity contribution in [2.24, 2.45) is 0 Å². The van der Waals surface area contributed by atoms with Crippen LogP contribution in [0.15, 0.2) is 84.3 Å². The number of carbonyl (C=O) groups is 3. The molecule has 2 aromatic heterocycles. The van der Waals surface area contributed by atoms with Gasteiger partial charge in [-0.25, -0.2) is 0 Å². The average Bonchev–Trinajstić information content (AvgIpc) is 2.72. The molecule has 8 nitrogen and oxygen atoms in total. The van der Waals surface area contributed by atoms with Crippen molar-refractivity contribution in [3.05, 3.63) is 84.3 Å². The van der Waals surface area contributed by atoms with Gasteiger partial charge in [-0.2, -0.15) is 0 Å². The Labute approximate surface area is 241 Å². The molecule has 9 heteroatoms. The Balaban J connectivity index is 0. The second kappa shape index (κ2) is 19.2. The summed E-state index contributed by atoms with van der Waals surface area (Å²) in [5.74, 6) is -1.12. The van der Waals surface area contributed by atoms with Crippen molar-refractivity contribution < 1.29 is 67.9 Å². The Kier molecular flexibility index (Phi) is 18.7. The van der Waals surface area contributed by atoms with Crippen LogP contribution in [0.2, 0.25) is 0 Å². The van der Waals surface area contributed by atoms with E-state index in [1.807, 2.05) is 12.1 Å². The number of ketones is 3. The van der Waals surface area contributed by atoms with Gasteiger partial charge in [-0.3, -0.25) is 24.4 Å². The van der Waals surface area contributed by atoms with Gasteiger partial charge in [0.25, 0.3) is 0 Å². The zero-order valence-electron chi connectivity index (χ0n) is 21.0. The maximum absolute atomic E-state index is 9.98. The van der Waals surface area contributed by atoms with Gasteiger partial charge in [-0.1, -0.05) is 45.0 Å². The van der Waals surface area contributed by atoms with Crippen LogP contribution in [0.4, 0.5) is 0 Å². The Morgan fingerprint density at radius 3 is 1.06 bits per heavy atom. The van der Waals surface area contributed by atoms with E-state index in [9.17, 15) is 29.7 Å². The van der Waals surface area contributed by atoms with Gasteiger partial charge < -0.3 is 15.3 Å². The van der Waals surface area contributed by atoms with Crippen LogP contribution in [-0.2, 0) is 14.4 Å². The van der Waals surface area contributed by atoms with E-state index in [-0.39, 0.29) is 72.8 Å². The summed E-state index contributed by atoms with van der Waals surface area (Å²) < 4.78 is 0. The minimum Gasteiger partial charge on any atom is -0.876 e. The van der Waals surface area contributed by atoms with E-state index in [2.05, 4.69) is 34.2 Å². The molecular formula is C27H29DyN2O6. The van der Waals surface area contributed by atoms with Crippen molar-refractivity contribution in [1.29, 1.82) is 0 Å². The minimum atomic E-state index is -0.187. The molecule has 0 aliphatic rings. The summed E-state index contributed by atoms with van der Waals surface area (Å²) in [4.78, 5) is 38.6. The molecule has 0 fully saturated rings. The number of carbonyl (C=O) groups excluding carboxylic acids is 3. The fourth-order valence-electron chi connectivity index (χ4n) is 2.54. The quantitative estimate of drug-likeness (QED) is 0.241. The number of pyridine rings is 2. The van der Waals surface area contributed by atoms with E-state index in [0.717, 1.165) is 40.0 Å². The van der Waals surface area contributed by atoms with Crippen molar-refractivity contribution in [3.63, 3.8) is 0 Å². The van der Waals surface area contributed by atoms with Crippen LogP contribution in [0.25, 0.3) is 21.8 Å². The topological polar surface area (TPSA) is 146 Å². The summed E-state index contributed by atoms with van der Waals surface area (Å²) >= 11 is 0. The van der Waals surface area contributed by atoms with E-state index < -0.39 is 0 Å². The number of nitrogens with zero attached hydrogens (tertiary/aromatic N) is 2. The Morgan fingerprint density at radius 1 is 0.583 bits per heavy atom. The molecule has 3 rings (SSSR count). The normalized spacial score (nSPS) is 10.9. The molecule has 0 saturated heterocycles. The van der Waals surface area contributed by atoms with Crippen LogP contribution < -0.4 is 15.3 Å². The molecular weight excluding hydrogens is 611 g/mol. The predicted octanol–water partition coefficient (Wildman–Crippen LogP) is 2.30. The van der Waals surface area contributed by atoms with Gasteiger partial charge in [-0.05, 0) is 51.1 Å². The second-order valence-corrected chi connectivity index (χ2v) is 7.31. The van der Waals surface area contributed by atoms with Gasteiger partial charge in [0.15, 0.2) is 17.3 Å². The summed E-state index contributed by atoms with van der Waals surface area (Å²) in [6.07, 6.45) is 6.77. The van der Waals surface area contributed by atoms with Crippen LogP contribution in [0.1, 0.15) is 41.5 Å². The number of hydrogen-bond acceptors (Lipinski definition) is 8. The molecule has 0 aliphatic carbocycles. The Morgan fingerprint density at radius 2 is 0.861 bits per heavy atom. The zero-order chi connectivity index (χ0) is 27.0.